The Morgan fingerprint density at radius 1 is 0.979 bits per heavy atom. The molecule has 11 nitrogen and oxygen atoms in total. The lowest BCUT2D eigenvalue weighted by Gasteiger charge is -2.37. The summed E-state index contributed by atoms with van der Waals surface area (Å²) in [5.41, 5.74) is 1.24. The summed E-state index contributed by atoms with van der Waals surface area (Å²) in [4.78, 5) is 31.7. The van der Waals surface area contributed by atoms with Gasteiger partial charge >= 0.3 is 5.69 Å². The minimum Gasteiger partial charge on any atom is -0.497 e. The SMILES string of the molecule is COc1ccc(C(OC[C@H]2O[C@@H](n3ccc4c(NC(=O)C(C)C)[nH]c(=O)nc43)C[C@@H]2O)(c2ccccc2)c2ccc(OC)cc2)cc1. The Bertz CT molecular complexity index is 1840. The smallest absolute Gasteiger partial charge is 0.348 e. The van der Waals surface area contributed by atoms with Gasteiger partial charge < -0.3 is 33.9 Å². The molecule has 11 heteroatoms. The molecule has 3 N–H and O–H groups in total. The number of anilines is 1. The molecule has 0 bridgehead atoms. The number of aliphatic hydroxyl groups is 1. The number of rotatable bonds is 11. The fourth-order valence-corrected chi connectivity index (χ4v) is 5.97. The van der Waals surface area contributed by atoms with Gasteiger partial charge in [-0.15, -0.1) is 0 Å². The van der Waals surface area contributed by atoms with Crippen molar-refractivity contribution in [3.63, 3.8) is 0 Å². The van der Waals surface area contributed by atoms with Crippen LogP contribution in [0.4, 0.5) is 5.82 Å². The number of nitrogens with zero attached hydrogens (tertiary/aromatic N) is 2. The normalized spacial score (nSPS) is 18.0. The molecule has 2 aromatic heterocycles. The zero-order valence-corrected chi connectivity index (χ0v) is 26.7. The highest BCUT2D eigenvalue weighted by Crippen LogP contribution is 2.43. The molecule has 1 aliphatic rings. The van der Waals surface area contributed by atoms with Gasteiger partial charge in [0.05, 0.1) is 32.3 Å². The fourth-order valence-electron chi connectivity index (χ4n) is 5.97. The molecule has 0 saturated carbocycles. The number of fused-ring (bicyclic) bond motifs is 1. The Balaban J connectivity index is 1.34. The molecule has 1 aliphatic heterocycles. The first-order valence-corrected chi connectivity index (χ1v) is 15.5. The molecular weight excluding hydrogens is 600 g/mol. The number of amides is 1. The summed E-state index contributed by atoms with van der Waals surface area (Å²) < 4.78 is 25.9. The van der Waals surface area contributed by atoms with Gasteiger partial charge in [0.1, 0.15) is 35.2 Å². The molecule has 0 spiro atoms. The van der Waals surface area contributed by atoms with Crippen LogP contribution in [-0.2, 0) is 19.9 Å². The van der Waals surface area contributed by atoms with Crippen molar-refractivity contribution in [1.29, 1.82) is 0 Å². The van der Waals surface area contributed by atoms with Crippen LogP contribution >= 0.6 is 0 Å². The number of carbonyl (C=O) groups excluding carboxylic acids is 1. The first kappa shape index (κ1) is 32.0. The van der Waals surface area contributed by atoms with Crippen LogP contribution in [-0.4, -0.2) is 58.6 Å². The quantitative estimate of drug-likeness (QED) is 0.172. The van der Waals surface area contributed by atoms with Gasteiger partial charge in [0.2, 0.25) is 5.91 Å². The van der Waals surface area contributed by atoms with E-state index in [0.29, 0.717) is 22.5 Å². The molecule has 1 fully saturated rings. The van der Waals surface area contributed by atoms with E-state index in [2.05, 4.69) is 15.3 Å². The zero-order valence-electron chi connectivity index (χ0n) is 26.7. The summed E-state index contributed by atoms with van der Waals surface area (Å²) >= 11 is 0. The van der Waals surface area contributed by atoms with Crippen LogP contribution in [0.1, 0.15) is 43.2 Å². The first-order chi connectivity index (χ1) is 22.7. The number of aromatic nitrogens is 3. The predicted octanol–water partition coefficient (Wildman–Crippen LogP) is 4.99. The van der Waals surface area contributed by atoms with Gasteiger partial charge in [0.15, 0.2) is 5.65 Å². The van der Waals surface area contributed by atoms with Crippen molar-refractivity contribution in [3.05, 3.63) is 118 Å². The second-order valence-corrected chi connectivity index (χ2v) is 11.8. The van der Waals surface area contributed by atoms with Crippen LogP contribution in [0, 0.1) is 5.92 Å². The molecule has 244 valence electrons. The van der Waals surface area contributed by atoms with E-state index in [4.69, 9.17) is 18.9 Å². The lowest BCUT2D eigenvalue weighted by Crippen LogP contribution is -2.38. The van der Waals surface area contributed by atoms with E-state index < -0.39 is 29.7 Å². The van der Waals surface area contributed by atoms with E-state index in [1.807, 2.05) is 78.9 Å². The third-order valence-corrected chi connectivity index (χ3v) is 8.52. The topological polar surface area (TPSA) is 137 Å². The molecule has 6 rings (SSSR count). The lowest BCUT2D eigenvalue weighted by atomic mass is 9.80. The second kappa shape index (κ2) is 13.4. The molecule has 0 aliphatic carbocycles. The minimum atomic E-state index is -1.08. The van der Waals surface area contributed by atoms with Gasteiger partial charge in [-0.25, -0.2) is 4.79 Å². The number of nitrogens with one attached hydrogen (secondary N) is 2. The second-order valence-electron chi connectivity index (χ2n) is 11.8. The van der Waals surface area contributed by atoms with E-state index in [1.165, 1.54) is 0 Å². The van der Waals surface area contributed by atoms with Crippen molar-refractivity contribution >= 4 is 22.8 Å². The molecule has 5 aromatic rings. The highest BCUT2D eigenvalue weighted by Gasteiger charge is 2.42. The summed E-state index contributed by atoms with van der Waals surface area (Å²) in [5, 5.41) is 14.6. The molecule has 1 saturated heterocycles. The summed E-state index contributed by atoms with van der Waals surface area (Å²) in [5.74, 6) is 1.17. The van der Waals surface area contributed by atoms with Gasteiger partial charge in [-0.05, 0) is 47.0 Å². The summed E-state index contributed by atoms with van der Waals surface area (Å²) in [7, 11) is 3.24. The van der Waals surface area contributed by atoms with Gasteiger partial charge in [-0.3, -0.25) is 9.78 Å². The van der Waals surface area contributed by atoms with Crippen molar-refractivity contribution in [2.24, 2.45) is 5.92 Å². The van der Waals surface area contributed by atoms with Crippen molar-refractivity contribution < 1.29 is 28.8 Å². The highest BCUT2D eigenvalue weighted by molar-refractivity contribution is 5.99. The van der Waals surface area contributed by atoms with Crippen LogP contribution in [0.2, 0.25) is 0 Å². The van der Waals surface area contributed by atoms with Gasteiger partial charge in [-0.1, -0.05) is 68.4 Å². The Morgan fingerprint density at radius 2 is 1.57 bits per heavy atom. The molecule has 1 amide bonds. The maximum absolute atomic E-state index is 12.5. The van der Waals surface area contributed by atoms with E-state index in [1.54, 1.807) is 44.9 Å². The molecule has 0 unspecified atom stereocenters. The zero-order chi connectivity index (χ0) is 33.1. The predicted molar refractivity (Wildman–Crippen MR) is 177 cm³/mol. The van der Waals surface area contributed by atoms with Crippen molar-refractivity contribution in [2.45, 2.75) is 44.3 Å². The number of ether oxygens (including phenoxy) is 4. The molecule has 0 radical (unpaired) electrons. The number of benzene rings is 3. The van der Waals surface area contributed by atoms with Crippen molar-refractivity contribution in [3.8, 4) is 11.5 Å². The fraction of sp³-hybridized carbons (Fsp3) is 0.306. The Hall–Kier alpha value is -4.97. The third-order valence-electron chi connectivity index (χ3n) is 8.52. The average Bonchev–Trinajstić information content (AvgIpc) is 3.68. The molecule has 3 atom stereocenters. The Labute approximate surface area is 272 Å². The molecule has 3 heterocycles. The van der Waals surface area contributed by atoms with Gasteiger partial charge in [0, 0.05) is 18.5 Å². The van der Waals surface area contributed by atoms with Crippen LogP contribution < -0.4 is 20.5 Å². The summed E-state index contributed by atoms with van der Waals surface area (Å²) in [6.07, 6.45) is -0.241. The van der Waals surface area contributed by atoms with E-state index in [-0.39, 0.29) is 30.7 Å². The molecule has 47 heavy (non-hydrogen) atoms. The largest absolute Gasteiger partial charge is 0.497 e. The number of hydrogen-bond acceptors (Lipinski definition) is 8. The third kappa shape index (κ3) is 6.25. The van der Waals surface area contributed by atoms with Crippen LogP contribution in [0.5, 0.6) is 11.5 Å². The van der Waals surface area contributed by atoms with Crippen LogP contribution in [0.15, 0.2) is 95.9 Å². The first-order valence-electron chi connectivity index (χ1n) is 15.5. The summed E-state index contributed by atoms with van der Waals surface area (Å²) in [6, 6.07) is 27.1. The highest BCUT2D eigenvalue weighted by atomic mass is 16.6. The standard InChI is InChI=1S/C36H38N4O7/c1-22(2)34(42)37-32-28-18-19-40(33(28)39-35(43)38-32)31-20-29(41)30(47-31)21-46-36(23-8-6-5-7-9-23,24-10-14-26(44-3)15-11-24)25-12-16-27(45-4)17-13-25/h5-19,22,29-31,41H,20-21H2,1-4H3,(H2,37,38,39,42,43)/t29-,30+,31+/m0/s1. The Morgan fingerprint density at radius 3 is 2.15 bits per heavy atom. The van der Waals surface area contributed by atoms with Crippen molar-refractivity contribution in [1.82, 2.24) is 14.5 Å². The molecule has 3 aromatic carbocycles. The van der Waals surface area contributed by atoms with E-state index in [9.17, 15) is 14.7 Å². The van der Waals surface area contributed by atoms with E-state index >= 15 is 0 Å². The lowest BCUT2D eigenvalue weighted by molar-refractivity contribution is -0.118. The average molecular weight is 639 g/mol. The van der Waals surface area contributed by atoms with Gasteiger partial charge in [0.25, 0.3) is 0 Å². The number of aliphatic hydroxyl groups excluding tert-OH is 1. The summed E-state index contributed by atoms with van der Waals surface area (Å²) in [6.45, 7) is 3.57. The van der Waals surface area contributed by atoms with E-state index in [0.717, 1.165) is 16.7 Å². The molecular formula is C36H38N4O7. The maximum Gasteiger partial charge on any atom is 0.348 e. The van der Waals surface area contributed by atoms with Crippen LogP contribution in [0.3, 0.4) is 0 Å². The van der Waals surface area contributed by atoms with Crippen molar-refractivity contribution in [2.75, 3.05) is 26.1 Å². The van der Waals surface area contributed by atoms with Crippen LogP contribution in [0.25, 0.3) is 11.0 Å². The number of methoxy groups -OCH3 is 2. The maximum atomic E-state index is 12.5. The number of carbonyl (C=O) groups is 1. The number of aromatic amines is 1. The Kier molecular flexibility index (Phi) is 9.12. The van der Waals surface area contributed by atoms with Gasteiger partial charge in [-0.2, -0.15) is 4.98 Å². The number of H-pyrrole nitrogens is 1. The monoisotopic (exact) mass is 638 g/mol. The minimum absolute atomic E-state index is 0.0352. The number of hydrogen-bond donors (Lipinski definition) is 3.